The molecule has 118 valence electrons. The van der Waals surface area contributed by atoms with E-state index in [1.165, 1.54) is 0 Å². The fourth-order valence-electron chi connectivity index (χ4n) is 2.22. The molecular formula is C16H15N3O3S. The van der Waals surface area contributed by atoms with E-state index >= 15 is 0 Å². The molecule has 2 aromatic carbocycles. The average Bonchev–Trinajstić information content (AvgIpc) is 3.01. The molecular weight excluding hydrogens is 314 g/mol. The van der Waals surface area contributed by atoms with Crippen LogP contribution in [0, 0.1) is 0 Å². The average molecular weight is 329 g/mol. The number of anilines is 2. The van der Waals surface area contributed by atoms with Crippen LogP contribution in [0.3, 0.4) is 0 Å². The zero-order valence-corrected chi connectivity index (χ0v) is 13.2. The molecule has 0 unspecified atom stereocenters. The first-order chi connectivity index (χ1) is 11.0. The lowest BCUT2D eigenvalue weighted by molar-refractivity contribution is 0.560. The van der Waals surface area contributed by atoms with E-state index < -0.39 is 10.0 Å². The Hall–Kier alpha value is -2.80. The third-order valence-corrected chi connectivity index (χ3v) is 3.73. The molecule has 0 amide bonds. The SMILES string of the molecule is CS(=O)(=O)Nc1ccc(NN=Cc2ccco2)c2ccccc12. The van der Waals surface area contributed by atoms with E-state index in [2.05, 4.69) is 15.2 Å². The molecule has 0 aliphatic heterocycles. The van der Waals surface area contributed by atoms with Crippen LogP contribution in [0.5, 0.6) is 0 Å². The number of hydrazone groups is 1. The molecule has 0 aliphatic rings. The van der Waals surface area contributed by atoms with Crippen molar-refractivity contribution in [3.8, 4) is 0 Å². The maximum atomic E-state index is 11.5. The number of rotatable bonds is 5. The van der Waals surface area contributed by atoms with Gasteiger partial charge in [-0.1, -0.05) is 24.3 Å². The molecule has 0 aliphatic carbocycles. The first-order valence-electron chi connectivity index (χ1n) is 6.85. The Bertz CT molecular complexity index is 948. The second-order valence-corrected chi connectivity index (χ2v) is 6.71. The van der Waals surface area contributed by atoms with Gasteiger partial charge in [-0.2, -0.15) is 5.10 Å². The number of hydrogen-bond donors (Lipinski definition) is 2. The molecule has 3 aromatic rings. The number of benzene rings is 2. The molecule has 6 nitrogen and oxygen atoms in total. The van der Waals surface area contributed by atoms with Gasteiger partial charge >= 0.3 is 0 Å². The van der Waals surface area contributed by atoms with Crippen molar-refractivity contribution in [2.24, 2.45) is 5.10 Å². The summed E-state index contributed by atoms with van der Waals surface area (Å²) in [6.45, 7) is 0. The van der Waals surface area contributed by atoms with Crippen LogP contribution in [-0.4, -0.2) is 20.9 Å². The van der Waals surface area contributed by atoms with Crippen LogP contribution >= 0.6 is 0 Å². The summed E-state index contributed by atoms with van der Waals surface area (Å²) in [4.78, 5) is 0. The summed E-state index contributed by atoms with van der Waals surface area (Å²) in [6, 6.07) is 14.5. The normalized spacial score (nSPS) is 11.9. The zero-order chi connectivity index (χ0) is 16.3. The molecule has 0 fully saturated rings. The lowest BCUT2D eigenvalue weighted by Gasteiger charge is -2.11. The summed E-state index contributed by atoms with van der Waals surface area (Å²) >= 11 is 0. The van der Waals surface area contributed by atoms with Gasteiger partial charge in [0.25, 0.3) is 0 Å². The van der Waals surface area contributed by atoms with Gasteiger partial charge in [-0.05, 0) is 24.3 Å². The molecule has 0 atom stereocenters. The first-order valence-corrected chi connectivity index (χ1v) is 8.74. The zero-order valence-electron chi connectivity index (χ0n) is 12.4. The topological polar surface area (TPSA) is 83.7 Å². The van der Waals surface area contributed by atoms with E-state index in [1.807, 2.05) is 24.3 Å². The third kappa shape index (κ3) is 3.70. The van der Waals surface area contributed by atoms with Crippen LogP contribution in [0.1, 0.15) is 5.76 Å². The lowest BCUT2D eigenvalue weighted by Crippen LogP contribution is -2.10. The third-order valence-electron chi connectivity index (χ3n) is 3.14. The van der Waals surface area contributed by atoms with Gasteiger partial charge in [-0.3, -0.25) is 10.1 Å². The number of nitrogens with zero attached hydrogens (tertiary/aromatic N) is 1. The number of fused-ring (bicyclic) bond motifs is 1. The molecule has 0 spiro atoms. The highest BCUT2D eigenvalue weighted by atomic mass is 32.2. The van der Waals surface area contributed by atoms with E-state index in [0.29, 0.717) is 11.4 Å². The van der Waals surface area contributed by atoms with E-state index in [9.17, 15) is 8.42 Å². The van der Waals surface area contributed by atoms with Crippen LogP contribution in [0.4, 0.5) is 11.4 Å². The maximum Gasteiger partial charge on any atom is 0.229 e. The van der Waals surface area contributed by atoms with Crippen LogP contribution in [0.2, 0.25) is 0 Å². The minimum Gasteiger partial charge on any atom is -0.463 e. The lowest BCUT2D eigenvalue weighted by atomic mass is 10.1. The molecule has 2 N–H and O–H groups in total. The van der Waals surface area contributed by atoms with E-state index in [1.54, 1.807) is 36.7 Å². The van der Waals surface area contributed by atoms with Gasteiger partial charge in [0, 0.05) is 10.8 Å². The van der Waals surface area contributed by atoms with Crippen LogP contribution in [0.15, 0.2) is 64.3 Å². The Labute approximate surface area is 133 Å². The Kier molecular flexibility index (Phi) is 4.03. The minimum absolute atomic E-state index is 0.531. The summed E-state index contributed by atoms with van der Waals surface area (Å²) in [5.74, 6) is 0.636. The van der Waals surface area contributed by atoms with Crippen LogP contribution in [0.25, 0.3) is 10.8 Å². The molecule has 0 radical (unpaired) electrons. The van der Waals surface area contributed by atoms with Crippen molar-refractivity contribution in [3.05, 3.63) is 60.6 Å². The van der Waals surface area contributed by atoms with Crippen molar-refractivity contribution in [2.75, 3.05) is 16.4 Å². The smallest absolute Gasteiger partial charge is 0.229 e. The van der Waals surface area contributed by atoms with Crippen molar-refractivity contribution in [2.45, 2.75) is 0 Å². The summed E-state index contributed by atoms with van der Waals surface area (Å²) in [5.41, 5.74) is 4.25. The molecule has 0 saturated carbocycles. The van der Waals surface area contributed by atoms with Crippen molar-refractivity contribution < 1.29 is 12.8 Å². The highest BCUT2D eigenvalue weighted by Gasteiger charge is 2.08. The van der Waals surface area contributed by atoms with Crippen molar-refractivity contribution >= 4 is 38.4 Å². The number of hydrogen-bond acceptors (Lipinski definition) is 5. The monoisotopic (exact) mass is 329 g/mol. The van der Waals surface area contributed by atoms with Gasteiger partial charge in [-0.25, -0.2) is 8.42 Å². The number of nitrogens with one attached hydrogen (secondary N) is 2. The Morgan fingerprint density at radius 3 is 2.35 bits per heavy atom. The van der Waals surface area contributed by atoms with Crippen LogP contribution < -0.4 is 10.1 Å². The van der Waals surface area contributed by atoms with Gasteiger partial charge in [0.05, 0.1) is 30.1 Å². The van der Waals surface area contributed by atoms with Gasteiger partial charge in [0.15, 0.2) is 0 Å². The van der Waals surface area contributed by atoms with E-state index in [0.717, 1.165) is 22.7 Å². The second kappa shape index (κ2) is 6.13. The molecule has 3 rings (SSSR count). The fourth-order valence-corrected chi connectivity index (χ4v) is 2.79. The van der Waals surface area contributed by atoms with E-state index in [4.69, 9.17) is 4.42 Å². The predicted octanol–water partition coefficient (Wildman–Crippen LogP) is 3.25. The summed E-state index contributed by atoms with van der Waals surface area (Å²) in [7, 11) is -3.34. The largest absolute Gasteiger partial charge is 0.463 e. The summed E-state index contributed by atoms with van der Waals surface area (Å²) in [6.07, 6.45) is 4.27. The molecule has 7 heteroatoms. The van der Waals surface area contributed by atoms with Gasteiger partial charge < -0.3 is 4.42 Å². The molecule has 1 aromatic heterocycles. The Morgan fingerprint density at radius 1 is 1.00 bits per heavy atom. The van der Waals surface area contributed by atoms with Crippen molar-refractivity contribution in [3.63, 3.8) is 0 Å². The van der Waals surface area contributed by atoms with Gasteiger partial charge in [-0.15, -0.1) is 0 Å². The predicted molar refractivity (Wildman–Crippen MR) is 92.3 cm³/mol. The Balaban J connectivity index is 1.94. The second-order valence-electron chi connectivity index (χ2n) is 4.97. The van der Waals surface area contributed by atoms with E-state index in [-0.39, 0.29) is 0 Å². The van der Waals surface area contributed by atoms with Crippen molar-refractivity contribution in [1.82, 2.24) is 0 Å². The molecule has 0 bridgehead atoms. The fraction of sp³-hybridized carbons (Fsp3) is 0.0625. The highest BCUT2D eigenvalue weighted by Crippen LogP contribution is 2.30. The highest BCUT2D eigenvalue weighted by molar-refractivity contribution is 7.92. The minimum atomic E-state index is -3.34. The van der Waals surface area contributed by atoms with Gasteiger partial charge in [0.1, 0.15) is 5.76 Å². The quantitative estimate of drug-likeness (QED) is 0.556. The molecule has 1 heterocycles. The Morgan fingerprint density at radius 2 is 1.70 bits per heavy atom. The summed E-state index contributed by atoms with van der Waals surface area (Å²) < 4.78 is 30.6. The number of sulfonamides is 1. The summed E-state index contributed by atoms with van der Waals surface area (Å²) in [5, 5.41) is 5.78. The first kappa shape index (κ1) is 15.1. The molecule has 0 saturated heterocycles. The van der Waals surface area contributed by atoms with Gasteiger partial charge in [0.2, 0.25) is 10.0 Å². The maximum absolute atomic E-state index is 11.5. The standard InChI is InChI=1S/C16H15N3O3S/c1-23(20,21)19-16-9-8-15(13-6-2-3-7-14(13)16)18-17-11-12-5-4-10-22-12/h2-11,18-19H,1H3. The molecule has 23 heavy (non-hydrogen) atoms. The van der Waals surface area contributed by atoms with Crippen LogP contribution in [-0.2, 0) is 10.0 Å². The van der Waals surface area contributed by atoms with Crippen molar-refractivity contribution in [1.29, 1.82) is 0 Å². The number of furan rings is 1.